The molecule has 1 fully saturated rings. The molecule has 3 aromatic rings. The number of fused-ring (bicyclic) bond motifs is 1. The number of aromatic nitrogens is 2. The first-order valence-corrected chi connectivity index (χ1v) is 9.34. The Morgan fingerprint density at radius 1 is 1.24 bits per heavy atom. The van der Waals surface area contributed by atoms with Crippen LogP contribution in [0.25, 0.3) is 0 Å². The van der Waals surface area contributed by atoms with Crippen molar-refractivity contribution in [3.63, 3.8) is 0 Å². The van der Waals surface area contributed by atoms with Gasteiger partial charge in [-0.25, -0.2) is 0 Å². The van der Waals surface area contributed by atoms with Gasteiger partial charge in [-0.3, -0.25) is 9.69 Å². The Kier molecular flexibility index (Phi) is 3.28. The Labute approximate surface area is 149 Å². The molecule has 1 amide bonds. The standard InChI is InChI=1S/C19H17N3O2S/c1-11-6-9-16(25-11)19(23)22-14-5-3-2-4-13(14)10-15(22)18-20-17(21-24-18)12-7-8-12/h2-6,9,12,15H,7-8,10H2,1H3. The molecule has 5 nitrogen and oxygen atoms in total. The summed E-state index contributed by atoms with van der Waals surface area (Å²) in [7, 11) is 0. The number of nitrogens with zero attached hydrogens (tertiary/aromatic N) is 3. The third-order valence-electron chi connectivity index (χ3n) is 4.83. The average Bonchev–Trinajstić information content (AvgIpc) is 3.06. The van der Waals surface area contributed by atoms with Crippen molar-refractivity contribution < 1.29 is 9.32 Å². The maximum Gasteiger partial charge on any atom is 0.269 e. The number of hydrogen-bond donors (Lipinski definition) is 0. The van der Waals surface area contributed by atoms with Crippen LogP contribution >= 0.6 is 11.3 Å². The number of aryl methyl sites for hydroxylation is 1. The van der Waals surface area contributed by atoms with Crippen molar-refractivity contribution in [1.29, 1.82) is 0 Å². The number of rotatable bonds is 3. The van der Waals surface area contributed by atoms with Crippen molar-refractivity contribution in [3.8, 4) is 0 Å². The summed E-state index contributed by atoms with van der Waals surface area (Å²) in [5.41, 5.74) is 2.08. The molecule has 2 aromatic heterocycles. The van der Waals surface area contributed by atoms with Crippen LogP contribution in [0.15, 0.2) is 40.9 Å². The summed E-state index contributed by atoms with van der Waals surface area (Å²) in [6.45, 7) is 2.01. The first-order valence-electron chi connectivity index (χ1n) is 8.52. The van der Waals surface area contributed by atoms with Crippen LogP contribution in [-0.2, 0) is 6.42 Å². The van der Waals surface area contributed by atoms with E-state index in [1.807, 2.05) is 42.2 Å². The topological polar surface area (TPSA) is 59.2 Å². The van der Waals surface area contributed by atoms with Crippen LogP contribution in [0.3, 0.4) is 0 Å². The second kappa shape index (κ2) is 5.52. The molecule has 25 heavy (non-hydrogen) atoms. The van der Waals surface area contributed by atoms with E-state index in [1.165, 1.54) is 11.3 Å². The summed E-state index contributed by atoms with van der Waals surface area (Å²) in [5.74, 6) is 1.76. The number of hydrogen-bond acceptors (Lipinski definition) is 5. The summed E-state index contributed by atoms with van der Waals surface area (Å²) < 4.78 is 5.55. The Balaban J connectivity index is 1.56. The van der Waals surface area contributed by atoms with E-state index >= 15 is 0 Å². The Hall–Kier alpha value is -2.47. The number of carbonyl (C=O) groups excluding carboxylic acids is 1. The van der Waals surface area contributed by atoms with E-state index < -0.39 is 0 Å². The molecule has 6 heteroatoms. The van der Waals surface area contributed by atoms with Gasteiger partial charge in [-0.1, -0.05) is 23.4 Å². The highest BCUT2D eigenvalue weighted by molar-refractivity contribution is 7.14. The lowest BCUT2D eigenvalue weighted by molar-refractivity contribution is 0.0978. The molecular weight excluding hydrogens is 334 g/mol. The van der Waals surface area contributed by atoms with E-state index in [2.05, 4.69) is 16.2 Å². The van der Waals surface area contributed by atoms with Crippen molar-refractivity contribution in [1.82, 2.24) is 10.1 Å². The first-order chi connectivity index (χ1) is 12.2. The van der Waals surface area contributed by atoms with Crippen LogP contribution < -0.4 is 4.90 Å². The smallest absolute Gasteiger partial charge is 0.269 e. The maximum atomic E-state index is 13.2. The summed E-state index contributed by atoms with van der Waals surface area (Å²) in [6, 6.07) is 11.7. The van der Waals surface area contributed by atoms with Crippen LogP contribution in [-0.4, -0.2) is 16.0 Å². The van der Waals surface area contributed by atoms with Gasteiger partial charge in [0.25, 0.3) is 5.91 Å². The third kappa shape index (κ3) is 2.48. The SMILES string of the molecule is Cc1ccc(C(=O)N2c3ccccc3CC2c2nc(C3CC3)no2)s1. The zero-order valence-electron chi connectivity index (χ0n) is 13.8. The molecule has 3 heterocycles. The van der Waals surface area contributed by atoms with E-state index in [0.717, 1.165) is 39.7 Å². The van der Waals surface area contributed by atoms with E-state index in [9.17, 15) is 4.79 Å². The molecule has 126 valence electrons. The lowest BCUT2D eigenvalue weighted by atomic mass is 10.1. The zero-order chi connectivity index (χ0) is 17.0. The predicted molar refractivity (Wildman–Crippen MR) is 95.0 cm³/mol. The first kappa shape index (κ1) is 14.8. The number of para-hydroxylation sites is 1. The molecule has 1 aromatic carbocycles. The minimum atomic E-state index is -0.229. The van der Waals surface area contributed by atoms with Crippen LogP contribution in [0.4, 0.5) is 5.69 Å². The number of anilines is 1. The zero-order valence-corrected chi connectivity index (χ0v) is 14.6. The van der Waals surface area contributed by atoms with Crippen LogP contribution in [0.5, 0.6) is 0 Å². The minimum Gasteiger partial charge on any atom is -0.337 e. The third-order valence-corrected chi connectivity index (χ3v) is 5.82. The number of benzene rings is 1. The highest BCUT2D eigenvalue weighted by Crippen LogP contribution is 2.43. The maximum absolute atomic E-state index is 13.2. The minimum absolute atomic E-state index is 0.000720. The average molecular weight is 351 g/mol. The monoisotopic (exact) mass is 351 g/mol. The van der Waals surface area contributed by atoms with Gasteiger partial charge in [0.2, 0.25) is 5.89 Å². The van der Waals surface area contributed by atoms with Crippen LogP contribution in [0.2, 0.25) is 0 Å². The summed E-state index contributed by atoms with van der Waals surface area (Å²) in [5, 5.41) is 4.13. The van der Waals surface area contributed by atoms with Gasteiger partial charge < -0.3 is 4.52 Å². The number of amides is 1. The molecule has 0 bridgehead atoms. The van der Waals surface area contributed by atoms with E-state index in [1.54, 1.807) is 0 Å². The second-order valence-electron chi connectivity index (χ2n) is 6.70. The molecular formula is C19H17N3O2S. The summed E-state index contributed by atoms with van der Waals surface area (Å²) in [4.78, 5) is 21.5. The molecule has 1 atom stereocenters. The molecule has 0 N–H and O–H groups in total. The molecule has 1 saturated carbocycles. The second-order valence-corrected chi connectivity index (χ2v) is 7.99. The lowest BCUT2D eigenvalue weighted by Gasteiger charge is -2.22. The van der Waals surface area contributed by atoms with Crippen LogP contribution in [0, 0.1) is 6.92 Å². The fraction of sp³-hybridized carbons (Fsp3) is 0.316. The Bertz CT molecular complexity index is 957. The van der Waals surface area contributed by atoms with E-state index in [0.29, 0.717) is 18.2 Å². The van der Waals surface area contributed by atoms with Gasteiger partial charge in [0.1, 0.15) is 6.04 Å². The van der Waals surface area contributed by atoms with Crippen LogP contribution in [0.1, 0.15) is 56.6 Å². The summed E-state index contributed by atoms with van der Waals surface area (Å²) >= 11 is 1.52. The van der Waals surface area contributed by atoms with Crippen molar-refractivity contribution in [2.75, 3.05) is 4.90 Å². The van der Waals surface area contributed by atoms with Gasteiger partial charge >= 0.3 is 0 Å². The normalized spacial score (nSPS) is 19.2. The van der Waals surface area contributed by atoms with E-state index in [-0.39, 0.29) is 11.9 Å². The van der Waals surface area contributed by atoms with Crippen molar-refractivity contribution >= 4 is 22.9 Å². The van der Waals surface area contributed by atoms with Gasteiger partial charge in [0, 0.05) is 22.9 Å². The van der Waals surface area contributed by atoms with Gasteiger partial charge in [0.05, 0.1) is 4.88 Å². The fourth-order valence-corrected chi connectivity index (χ4v) is 4.20. The Morgan fingerprint density at radius 3 is 2.84 bits per heavy atom. The highest BCUT2D eigenvalue weighted by atomic mass is 32.1. The highest BCUT2D eigenvalue weighted by Gasteiger charge is 2.40. The van der Waals surface area contributed by atoms with Crippen molar-refractivity contribution in [2.24, 2.45) is 0 Å². The number of thiophene rings is 1. The molecule has 0 spiro atoms. The molecule has 1 aliphatic heterocycles. The fourth-order valence-electron chi connectivity index (χ4n) is 3.39. The van der Waals surface area contributed by atoms with Gasteiger partial charge in [-0.05, 0) is 43.5 Å². The number of carbonyl (C=O) groups is 1. The molecule has 0 radical (unpaired) electrons. The largest absolute Gasteiger partial charge is 0.337 e. The molecule has 1 aliphatic carbocycles. The molecule has 0 saturated heterocycles. The quantitative estimate of drug-likeness (QED) is 0.707. The van der Waals surface area contributed by atoms with Gasteiger partial charge in [0.15, 0.2) is 5.82 Å². The Morgan fingerprint density at radius 2 is 2.08 bits per heavy atom. The molecule has 2 aliphatic rings. The van der Waals surface area contributed by atoms with Crippen molar-refractivity contribution in [2.45, 2.75) is 38.1 Å². The summed E-state index contributed by atoms with van der Waals surface area (Å²) in [6.07, 6.45) is 2.96. The van der Waals surface area contributed by atoms with Crippen molar-refractivity contribution in [3.05, 3.63) is 63.4 Å². The molecule has 5 rings (SSSR count). The van der Waals surface area contributed by atoms with E-state index in [4.69, 9.17) is 4.52 Å². The molecule has 1 unspecified atom stereocenters. The van der Waals surface area contributed by atoms with Gasteiger partial charge in [-0.15, -0.1) is 11.3 Å². The van der Waals surface area contributed by atoms with Gasteiger partial charge in [-0.2, -0.15) is 4.98 Å². The predicted octanol–water partition coefficient (Wildman–Crippen LogP) is 4.26. The lowest BCUT2D eigenvalue weighted by Crippen LogP contribution is -2.31.